The molecule has 0 aliphatic heterocycles. The number of fused-ring (bicyclic) bond motifs is 1. The van der Waals surface area contributed by atoms with E-state index in [1.54, 1.807) is 31.2 Å². The Morgan fingerprint density at radius 3 is 2.62 bits per heavy atom. The fraction of sp³-hybridized carbons (Fsp3) is 0.0667. The third kappa shape index (κ3) is 3.17. The van der Waals surface area contributed by atoms with Crippen LogP contribution in [0, 0.1) is 0 Å². The maximum Gasteiger partial charge on any atom is 0.253 e. The topological polar surface area (TPSA) is 59.4 Å². The van der Waals surface area contributed by atoms with Crippen LogP contribution in [0.5, 0.6) is 0 Å². The highest BCUT2D eigenvalue weighted by atomic mass is 35.5. The third-order valence-electron chi connectivity index (χ3n) is 2.92. The highest BCUT2D eigenvalue weighted by Gasteiger charge is 2.10. The molecule has 1 aromatic heterocycles. The summed E-state index contributed by atoms with van der Waals surface area (Å²) in [5.74, 6) is 0. The van der Waals surface area contributed by atoms with Gasteiger partial charge in [0.15, 0.2) is 0 Å². The zero-order chi connectivity index (χ0) is 15.6. The van der Waals surface area contributed by atoms with Gasteiger partial charge in [-0.15, -0.1) is 0 Å². The first-order valence-corrected chi connectivity index (χ1v) is 6.67. The molecule has 2 rings (SSSR count). The van der Waals surface area contributed by atoms with Crippen molar-refractivity contribution in [3.8, 4) is 0 Å². The van der Waals surface area contributed by atoms with Gasteiger partial charge in [0.05, 0.1) is 16.8 Å². The third-order valence-corrected chi connectivity index (χ3v) is 3.44. The number of carbonyl (C=O) groups excluding carboxylic acids is 2. The molecule has 0 fully saturated rings. The number of aliphatic imine (C=N–C) groups is 1. The van der Waals surface area contributed by atoms with Crippen molar-refractivity contribution in [2.24, 2.45) is 4.99 Å². The van der Waals surface area contributed by atoms with Crippen LogP contribution in [0.25, 0.3) is 17.0 Å². The van der Waals surface area contributed by atoms with Crippen LogP contribution in [0.3, 0.4) is 0 Å². The molecule has 0 radical (unpaired) electrons. The molecule has 0 atom stereocenters. The summed E-state index contributed by atoms with van der Waals surface area (Å²) in [6, 6.07) is 5.14. The van der Waals surface area contributed by atoms with Gasteiger partial charge in [-0.2, -0.15) is 0 Å². The summed E-state index contributed by atoms with van der Waals surface area (Å²) in [6.45, 7) is 5.13. The summed E-state index contributed by atoms with van der Waals surface area (Å²) in [4.78, 5) is 30.4. The second kappa shape index (κ2) is 6.16. The number of pyridine rings is 1. The van der Waals surface area contributed by atoms with E-state index >= 15 is 0 Å². The molecular weight excluding hydrogens is 311 g/mol. The lowest BCUT2D eigenvalue weighted by atomic mass is 10.1. The standard InChI is InChI=1S/C15H10Cl2N2O2/c1-8(14(16)20)5-9-3-4-10-6-11(15(17)21)7-19-13(10)12(9)18-2/h3-7H,2H2,1H3/b8-5+. The van der Waals surface area contributed by atoms with E-state index in [0.29, 0.717) is 33.3 Å². The molecule has 0 bridgehead atoms. The number of carbonyl (C=O) groups is 2. The molecule has 0 unspecified atom stereocenters. The smallest absolute Gasteiger partial charge is 0.253 e. The van der Waals surface area contributed by atoms with Crippen molar-refractivity contribution in [1.29, 1.82) is 0 Å². The van der Waals surface area contributed by atoms with Gasteiger partial charge in [-0.05, 0) is 49.0 Å². The number of halogens is 2. The molecule has 0 amide bonds. The van der Waals surface area contributed by atoms with E-state index in [1.165, 1.54) is 6.20 Å². The summed E-state index contributed by atoms with van der Waals surface area (Å²) in [5, 5.41) is -0.415. The van der Waals surface area contributed by atoms with E-state index in [4.69, 9.17) is 23.2 Å². The highest BCUT2D eigenvalue weighted by Crippen LogP contribution is 2.30. The molecule has 0 saturated carbocycles. The van der Waals surface area contributed by atoms with Crippen molar-refractivity contribution in [1.82, 2.24) is 4.98 Å². The fourth-order valence-corrected chi connectivity index (χ4v) is 2.04. The molecule has 0 N–H and O–H groups in total. The van der Waals surface area contributed by atoms with Crippen LogP contribution in [-0.2, 0) is 4.79 Å². The van der Waals surface area contributed by atoms with E-state index in [9.17, 15) is 9.59 Å². The van der Waals surface area contributed by atoms with Gasteiger partial charge < -0.3 is 0 Å². The lowest BCUT2D eigenvalue weighted by molar-refractivity contribution is -0.108. The minimum absolute atomic E-state index is 0.301. The van der Waals surface area contributed by atoms with E-state index in [2.05, 4.69) is 16.7 Å². The molecule has 21 heavy (non-hydrogen) atoms. The Hall–Kier alpha value is -2.04. The molecule has 0 aliphatic carbocycles. The van der Waals surface area contributed by atoms with Crippen molar-refractivity contribution >= 4 is 63.1 Å². The van der Waals surface area contributed by atoms with Crippen LogP contribution < -0.4 is 0 Å². The lowest BCUT2D eigenvalue weighted by Gasteiger charge is -2.06. The molecule has 6 heteroatoms. The van der Waals surface area contributed by atoms with Gasteiger partial charge in [0.2, 0.25) is 5.24 Å². The zero-order valence-corrected chi connectivity index (χ0v) is 12.6. The van der Waals surface area contributed by atoms with Gasteiger partial charge >= 0.3 is 0 Å². The van der Waals surface area contributed by atoms with Crippen LogP contribution in [0.15, 0.2) is 35.0 Å². The van der Waals surface area contributed by atoms with Gasteiger partial charge in [0.1, 0.15) is 0 Å². The van der Waals surface area contributed by atoms with Gasteiger partial charge in [0.25, 0.3) is 5.24 Å². The van der Waals surface area contributed by atoms with Gasteiger partial charge in [-0.25, -0.2) is 0 Å². The molecule has 106 valence electrons. The quantitative estimate of drug-likeness (QED) is 0.483. The SMILES string of the molecule is C=Nc1c(/C=C(\C)C(=O)Cl)ccc2cc(C(=O)Cl)cnc12. The molecule has 1 aromatic carbocycles. The number of nitrogens with zero attached hydrogens (tertiary/aromatic N) is 2. The summed E-state index contributed by atoms with van der Waals surface area (Å²) in [5.41, 5.74) is 2.43. The average molecular weight is 321 g/mol. The van der Waals surface area contributed by atoms with Gasteiger partial charge in [-0.1, -0.05) is 12.1 Å². The fourth-order valence-electron chi connectivity index (χ4n) is 1.88. The molecule has 4 nitrogen and oxygen atoms in total. The molecule has 0 spiro atoms. The monoisotopic (exact) mass is 320 g/mol. The van der Waals surface area contributed by atoms with Crippen molar-refractivity contribution < 1.29 is 9.59 Å². The second-order valence-electron chi connectivity index (χ2n) is 4.33. The Labute approximate surface area is 131 Å². The summed E-state index contributed by atoms with van der Waals surface area (Å²) in [6.07, 6.45) is 2.99. The Morgan fingerprint density at radius 1 is 1.33 bits per heavy atom. The summed E-state index contributed by atoms with van der Waals surface area (Å²) in [7, 11) is 0. The van der Waals surface area contributed by atoms with Crippen molar-refractivity contribution in [2.75, 3.05) is 0 Å². The van der Waals surface area contributed by atoms with Crippen LogP contribution >= 0.6 is 23.2 Å². The minimum Gasteiger partial charge on any atom is -0.276 e. The van der Waals surface area contributed by atoms with E-state index in [-0.39, 0.29) is 0 Å². The number of aromatic nitrogens is 1. The molecular formula is C15H10Cl2N2O2. The van der Waals surface area contributed by atoms with E-state index in [1.807, 2.05) is 0 Å². The Kier molecular flexibility index (Phi) is 4.50. The number of rotatable bonds is 4. The Morgan fingerprint density at radius 2 is 2.05 bits per heavy atom. The maximum atomic E-state index is 11.2. The van der Waals surface area contributed by atoms with Crippen LogP contribution in [0.4, 0.5) is 5.69 Å². The number of allylic oxidation sites excluding steroid dienone is 1. The second-order valence-corrected chi connectivity index (χ2v) is 5.02. The Bertz CT molecular complexity index is 798. The summed E-state index contributed by atoms with van der Waals surface area (Å²) < 4.78 is 0. The first kappa shape index (κ1) is 15.4. The first-order chi connectivity index (χ1) is 9.93. The van der Waals surface area contributed by atoms with E-state index < -0.39 is 10.5 Å². The Balaban J connectivity index is 2.69. The van der Waals surface area contributed by atoms with Gasteiger partial charge in [-0.3, -0.25) is 19.6 Å². The van der Waals surface area contributed by atoms with Crippen molar-refractivity contribution in [3.05, 3.63) is 41.1 Å². The van der Waals surface area contributed by atoms with Crippen LogP contribution in [0.1, 0.15) is 22.8 Å². The van der Waals surface area contributed by atoms with Crippen molar-refractivity contribution in [2.45, 2.75) is 6.92 Å². The molecule has 1 heterocycles. The predicted octanol–water partition coefficient (Wildman–Crippen LogP) is 4.11. The molecule has 0 saturated heterocycles. The lowest BCUT2D eigenvalue weighted by Crippen LogP contribution is -1.92. The first-order valence-electron chi connectivity index (χ1n) is 5.91. The average Bonchev–Trinajstić information content (AvgIpc) is 2.46. The van der Waals surface area contributed by atoms with Gasteiger partial charge in [0, 0.05) is 22.7 Å². The van der Waals surface area contributed by atoms with E-state index in [0.717, 1.165) is 0 Å². The van der Waals surface area contributed by atoms with Crippen LogP contribution in [0.2, 0.25) is 0 Å². The highest BCUT2D eigenvalue weighted by molar-refractivity contribution is 6.68. The normalized spacial score (nSPS) is 11.5. The largest absolute Gasteiger partial charge is 0.276 e. The predicted molar refractivity (Wildman–Crippen MR) is 85.6 cm³/mol. The van der Waals surface area contributed by atoms with Crippen molar-refractivity contribution in [3.63, 3.8) is 0 Å². The zero-order valence-electron chi connectivity index (χ0n) is 11.1. The molecule has 0 aliphatic rings. The number of hydrogen-bond donors (Lipinski definition) is 0. The summed E-state index contributed by atoms with van der Waals surface area (Å²) >= 11 is 10.9. The number of hydrogen-bond acceptors (Lipinski definition) is 4. The minimum atomic E-state index is -0.579. The number of benzene rings is 1. The van der Waals surface area contributed by atoms with Crippen LogP contribution in [-0.4, -0.2) is 22.2 Å². The maximum absolute atomic E-state index is 11.2. The molecule has 2 aromatic rings.